The molecule has 0 heterocycles. The summed E-state index contributed by atoms with van der Waals surface area (Å²) in [6.07, 6.45) is -0.322. The van der Waals surface area contributed by atoms with E-state index in [1.165, 1.54) is 0 Å². The Morgan fingerprint density at radius 3 is 2.20 bits per heavy atom. The number of rotatable bonds is 5. The van der Waals surface area contributed by atoms with E-state index < -0.39 is 0 Å². The molecule has 1 N–H and O–H groups in total. The molecule has 0 aromatic heterocycles. The zero-order chi connectivity index (χ0) is 11.3. The Labute approximate surface area is 99.3 Å². The van der Waals surface area contributed by atoms with E-state index in [9.17, 15) is 0 Å². The zero-order valence-electron chi connectivity index (χ0n) is 8.59. The van der Waals surface area contributed by atoms with Crippen LogP contribution in [0.15, 0.2) is 18.2 Å². The van der Waals surface area contributed by atoms with Gasteiger partial charge in [0.2, 0.25) is 0 Å². The van der Waals surface area contributed by atoms with Gasteiger partial charge in [-0.25, -0.2) is 0 Å². The minimum Gasteiger partial charge on any atom is -0.378 e. The van der Waals surface area contributed by atoms with Crippen molar-refractivity contribution in [2.75, 3.05) is 26.1 Å². The lowest BCUT2D eigenvalue weighted by Crippen LogP contribution is -2.23. The topological polar surface area (TPSA) is 30.5 Å². The van der Waals surface area contributed by atoms with Crippen LogP contribution in [0.4, 0.5) is 5.69 Å². The monoisotopic (exact) mass is 249 g/mol. The molecule has 0 fully saturated rings. The maximum Gasteiger partial charge on any atom is 0.173 e. The molecule has 0 aliphatic heterocycles. The lowest BCUT2D eigenvalue weighted by Gasteiger charge is -2.16. The van der Waals surface area contributed by atoms with Gasteiger partial charge in [-0.05, 0) is 12.1 Å². The maximum absolute atomic E-state index is 5.97. The molecular formula is C10H13Cl2NO2. The smallest absolute Gasteiger partial charge is 0.173 e. The summed E-state index contributed by atoms with van der Waals surface area (Å²) < 4.78 is 10.1. The molecule has 0 saturated heterocycles. The third kappa shape index (κ3) is 3.54. The Kier molecular flexibility index (Phi) is 5.19. The predicted molar refractivity (Wildman–Crippen MR) is 62.8 cm³/mol. The molecule has 0 amide bonds. The molecule has 0 atom stereocenters. The molecule has 3 nitrogen and oxygen atoms in total. The average Bonchev–Trinajstić information content (AvgIpc) is 2.23. The number of halogens is 2. The highest BCUT2D eigenvalue weighted by atomic mass is 35.5. The van der Waals surface area contributed by atoms with Crippen molar-refractivity contribution in [2.24, 2.45) is 0 Å². The number of hydrogen-bond donors (Lipinski definition) is 1. The van der Waals surface area contributed by atoms with Crippen LogP contribution in [0.3, 0.4) is 0 Å². The number of nitrogens with one attached hydrogen (secondary N) is 1. The van der Waals surface area contributed by atoms with Crippen molar-refractivity contribution in [3.8, 4) is 0 Å². The lowest BCUT2D eigenvalue weighted by atomic mass is 10.3. The molecule has 0 aliphatic carbocycles. The van der Waals surface area contributed by atoms with Gasteiger partial charge >= 0.3 is 0 Å². The van der Waals surface area contributed by atoms with Crippen LogP contribution in [0.5, 0.6) is 0 Å². The quantitative estimate of drug-likeness (QED) is 0.815. The van der Waals surface area contributed by atoms with Crippen molar-refractivity contribution >= 4 is 28.9 Å². The van der Waals surface area contributed by atoms with Gasteiger partial charge in [-0.3, -0.25) is 0 Å². The van der Waals surface area contributed by atoms with Gasteiger partial charge in [0.05, 0.1) is 22.3 Å². The van der Waals surface area contributed by atoms with Crippen LogP contribution >= 0.6 is 23.2 Å². The number of ether oxygens (including phenoxy) is 2. The fourth-order valence-corrected chi connectivity index (χ4v) is 1.65. The third-order valence-corrected chi connectivity index (χ3v) is 2.56. The first-order valence-electron chi connectivity index (χ1n) is 4.42. The molecule has 1 aromatic carbocycles. The van der Waals surface area contributed by atoms with Crippen LogP contribution in [0.2, 0.25) is 10.0 Å². The molecule has 1 aromatic rings. The van der Waals surface area contributed by atoms with Crippen molar-refractivity contribution in [2.45, 2.75) is 6.29 Å². The van der Waals surface area contributed by atoms with E-state index >= 15 is 0 Å². The van der Waals surface area contributed by atoms with Gasteiger partial charge < -0.3 is 14.8 Å². The highest BCUT2D eigenvalue weighted by molar-refractivity contribution is 6.39. The highest BCUT2D eigenvalue weighted by Gasteiger charge is 2.08. The summed E-state index contributed by atoms with van der Waals surface area (Å²) in [4.78, 5) is 0. The second-order valence-electron chi connectivity index (χ2n) is 2.88. The third-order valence-electron chi connectivity index (χ3n) is 1.93. The molecule has 0 saturated carbocycles. The lowest BCUT2D eigenvalue weighted by molar-refractivity contribution is -0.0914. The summed E-state index contributed by atoms with van der Waals surface area (Å²) in [7, 11) is 3.15. The largest absolute Gasteiger partial charge is 0.378 e. The fraction of sp³-hybridized carbons (Fsp3) is 0.400. The number of para-hydroxylation sites is 1. The SMILES string of the molecule is COC(CNc1c(Cl)cccc1Cl)OC. The molecular weight excluding hydrogens is 237 g/mol. The van der Waals surface area contributed by atoms with Gasteiger partial charge in [-0.2, -0.15) is 0 Å². The number of anilines is 1. The van der Waals surface area contributed by atoms with Crippen LogP contribution in [0, 0.1) is 0 Å². The van der Waals surface area contributed by atoms with Crippen molar-refractivity contribution in [1.82, 2.24) is 0 Å². The van der Waals surface area contributed by atoms with Gasteiger partial charge in [0.1, 0.15) is 0 Å². The second-order valence-corrected chi connectivity index (χ2v) is 3.69. The molecule has 1 rings (SSSR count). The van der Waals surface area contributed by atoms with Gasteiger partial charge in [-0.15, -0.1) is 0 Å². The highest BCUT2D eigenvalue weighted by Crippen LogP contribution is 2.29. The Bertz CT molecular complexity index is 296. The van der Waals surface area contributed by atoms with Gasteiger partial charge in [-0.1, -0.05) is 29.3 Å². The van der Waals surface area contributed by atoms with Crippen molar-refractivity contribution < 1.29 is 9.47 Å². The van der Waals surface area contributed by atoms with Crippen LogP contribution in [0.1, 0.15) is 0 Å². The second kappa shape index (κ2) is 6.18. The van der Waals surface area contributed by atoms with Crippen LogP contribution in [0.25, 0.3) is 0 Å². The summed E-state index contributed by atoms with van der Waals surface area (Å²) in [5.41, 5.74) is 0.694. The minimum absolute atomic E-state index is 0.322. The first-order valence-corrected chi connectivity index (χ1v) is 5.18. The van der Waals surface area contributed by atoms with Crippen LogP contribution < -0.4 is 5.32 Å². The number of methoxy groups -OCH3 is 2. The number of hydrogen-bond acceptors (Lipinski definition) is 3. The van der Waals surface area contributed by atoms with E-state index in [4.69, 9.17) is 32.7 Å². The summed E-state index contributed by atoms with van der Waals surface area (Å²) in [6.45, 7) is 0.483. The standard InChI is InChI=1S/C10H13Cl2NO2/c1-14-9(15-2)6-13-10-7(11)4-3-5-8(10)12/h3-5,9,13H,6H2,1-2H3. The summed E-state index contributed by atoms with van der Waals surface area (Å²) in [6, 6.07) is 5.33. The van der Waals surface area contributed by atoms with Gasteiger partial charge in [0.15, 0.2) is 6.29 Å². The van der Waals surface area contributed by atoms with Gasteiger partial charge in [0.25, 0.3) is 0 Å². The Balaban J connectivity index is 2.64. The van der Waals surface area contributed by atoms with E-state index in [-0.39, 0.29) is 6.29 Å². The number of benzene rings is 1. The molecule has 0 aliphatic rings. The fourth-order valence-electron chi connectivity index (χ4n) is 1.11. The average molecular weight is 250 g/mol. The zero-order valence-corrected chi connectivity index (χ0v) is 10.1. The van der Waals surface area contributed by atoms with E-state index in [2.05, 4.69) is 5.32 Å². The predicted octanol–water partition coefficient (Wildman–Crippen LogP) is 3.02. The molecule has 84 valence electrons. The molecule has 0 unspecified atom stereocenters. The van der Waals surface area contributed by atoms with Crippen LogP contribution in [-0.4, -0.2) is 27.1 Å². The Morgan fingerprint density at radius 2 is 1.73 bits per heavy atom. The van der Waals surface area contributed by atoms with Crippen molar-refractivity contribution in [3.05, 3.63) is 28.2 Å². The van der Waals surface area contributed by atoms with E-state index in [0.717, 1.165) is 0 Å². The summed E-state index contributed by atoms with van der Waals surface area (Å²) in [5, 5.41) is 4.22. The molecule has 0 radical (unpaired) electrons. The molecule has 0 spiro atoms. The van der Waals surface area contributed by atoms with Crippen molar-refractivity contribution in [1.29, 1.82) is 0 Å². The molecule has 15 heavy (non-hydrogen) atoms. The molecule has 5 heteroatoms. The van der Waals surface area contributed by atoms with E-state index in [0.29, 0.717) is 22.3 Å². The molecule has 0 bridgehead atoms. The van der Waals surface area contributed by atoms with Gasteiger partial charge in [0, 0.05) is 14.2 Å². The first kappa shape index (κ1) is 12.6. The maximum atomic E-state index is 5.97. The summed E-state index contributed by atoms with van der Waals surface area (Å²) >= 11 is 11.9. The summed E-state index contributed by atoms with van der Waals surface area (Å²) in [5.74, 6) is 0. The van der Waals surface area contributed by atoms with E-state index in [1.807, 2.05) is 0 Å². The Hall–Kier alpha value is -0.480. The van der Waals surface area contributed by atoms with Crippen LogP contribution in [-0.2, 0) is 9.47 Å². The Morgan fingerprint density at radius 1 is 1.20 bits per heavy atom. The first-order chi connectivity index (χ1) is 7.19. The van der Waals surface area contributed by atoms with Crippen molar-refractivity contribution in [3.63, 3.8) is 0 Å². The normalized spacial score (nSPS) is 10.7. The van der Waals surface area contributed by atoms with E-state index in [1.54, 1.807) is 32.4 Å². The minimum atomic E-state index is -0.322.